The molecule has 1 aromatic carbocycles. The van der Waals surface area contributed by atoms with Gasteiger partial charge >= 0.3 is 5.97 Å². The first-order valence-electron chi connectivity index (χ1n) is 12.5. The Bertz CT molecular complexity index is 1450. The number of hydrogen-bond donors (Lipinski definition) is 1. The molecule has 37 heavy (non-hydrogen) atoms. The Morgan fingerprint density at radius 2 is 2.08 bits per heavy atom. The van der Waals surface area contributed by atoms with Crippen LogP contribution in [-0.2, 0) is 22.4 Å². The number of aromatic nitrogens is 3. The van der Waals surface area contributed by atoms with E-state index < -0.39 is 0 Å². The van der Waals surface area contributed by atoms with Gasteiger partial charge in [-0.2, -0.15) is 0 Å². The molecule has 1 atom stereocenters. The van der Waals surface area contributed by atoms with Crippen LogP contribution in [0.5, 0.6) is 0 Å². The zero-order chi connectivity index (χ0) is 26.1. The van der Waals surface area contributed by atoms with E-state index >= 15 is 0 Å². The maximum atomic E-state index is 13.1. The van der Waals surface area contributed by atoms with Gasteiger partial charge in [-0.1, -0.05) is 36.9 Å². The highest BCUT2D eigenvalue weighted by Gasteiger charge is 2.29. The van der Waals surface area contributed by atoms with Gasteiger partial charge in [0.1, 0.15) is 5.00 Å². The third-order valence-corrected chi connectivity index (χ3v) is 9.56. The summed E-state index contributed by atoms with van der Waals surface area (Å²) in [6.45, 7) is 8.50. The van der Waals surface area contributed by atoms with Gasteiger partial charge in [0.25, 0.3) is 0 Å². The first-order chi connectivity index (χ1) is 17.9. The largest absolute Gasteiger partial charge is 0.462 e. The van der Waals surface area contributed by atoms with E-state index in [1.807, 2.05) is 12.1 Å². The van der Waals surface area contributed by atoms with Crippen LogP contribution < -0.4 is 5.32 Å². The van der Waals surface area contributed by atoms with E-state index in [1.54, 1.807) is 18.3 Å². The highest BCUT2D eigenvalue weighted by atomic mass is 32.2. The molecule has 0 fully saturated rings. The van der Waals surface area contributed by atoms with Gasteiger partial charge < -0.3 is 10.1 Å². The summed E-state index contributed by atoms with van der Waals surface area (Å²) in [5.41, 5.74) is 2.62. The zero-order valence-electron chi connectivity index (χ0n) is 21.4. The van der Waals surface area contributed by atoms with E-state index in [-0.39, 0.29) is 23.7 Å². The van der Waals surface area contributed by atoms with E-state index in [0.717, 1.165) is 41.6 Å². The first kappa shape index (κ1) is 25.9. The second-order valence-electron chi connectivity index (χ2n) is 9.53. The highest BCUT2D eigenvalue weighted by molar-refractivity contribution is 7.99. The van der Waals surface area contributed by atoms with Gasteiger partial charge in [0.15, 0.2) is 11.0 Å². The zero-order valence-corrected chi connectivity index (χ0v) is 23.8. The van der Waals surface area contributed by atoms with Crippen LogP contribution in [-0.4, -0.2) is 39.0 Å². The molecular formula is C27H30N4O3S3. The Labute approximate surface area is 228 Å². The van der Waals surface area contributed by atoms with Crippen molar-refractivity contribution in [2.24, 2.45) is 5.92 Å². The summed E-state index contributed by atoms with van der Waals surface area (Å²) in [6, 6.07) is 8.39. The number of fused-ring (bicyclic) bond motifs is 2. The summed E-state index contributed by atoms with van der Waals surface area (Å²) in [4.78, 5) is 27.0. The van der Waals surface area contributed by atoms with E-state index in [1.165, 1.54) is 32.7 Å². The van der Waals surface area contributed by atoms with Crippen LogP contribution in [0.15, 0.2) is 34.8 Å². The number of esters is 1. The fraction of sp³-hybridized carbons (Fsp3) is 0.407. The lowest BCUT2D eigenvalue weighted by Crippen LogP contribution is -2.18. The van der Waals surface area contributed by atoms with Crippen molar-refractivity contribution < 1.29 is 14.3 Å². The molecule has 1 aliphatic rings. The number of thioether (sulfide) groups is 1. The lowest BCUT2D eigenvalue weighted by Gasteiger charge is -2.18. The summed E-state index contributed by atoms with van der Waals surface area (Å²) in [5.74, 6) is 1.00. The highest BCUT2D eigenvalue weighted by Crippen LogP contribution is 2.40. The predicted molar refractivity (Wildman–Crippen MR) is 152 cm³/mol. The minimum atomic E-state index is -0.357. The third kappa shape index (κ3) is 5.19. The van der Waals surface area contributed by atoms with Crippen LogP contribution >= 0.6 is 34.4 Å². The number of hydrogen-bond acceptors (Lipinski definition) is 8. The average molecular weight is 555 g/mol. The van der Waals surface area contributed by atoms with Crippen molar-refractivity contribution in [1.29, 1.82) is 0 Å². The molecule has 1 aliphatic carbocycles. The molecule has 0 saturated carbocycles. The van der Waals surface area contributed by atoms with Crippen LogP contribution in [0.3, 0.4) is 0 Å². The summed E-state index contributed by atoms with van der Waals surface area (Å²) in [6.07, 6.45) is 2.80. The molecule has 4 aromatic rings. The molecule has 194 valence electrons. The molecule has 10 heteroatoms. The maximum Gasteiger partial charge on any atom is 0.341 e. The Morgan fingerprint density at radius 1 is 1.27 bits per heavy atom. The molecule has 1 unspecified atom stereocenters. The van der Waals surface area contributed by atoms with E-state index in [0.29, 0.717) is 28.2 Å². The molecule has 0 bridgehead atoms. The van der Waals surface area contributed by atoms with Gasteiger partial charge in [0.2, 0.25) is 5.91 Å². The second kappa shape index (κ2) is 11.0. The van der Waals surface area contributed by atoms with Crippen molar-refractivity contribution in [1.82, 2.24) is 14.8 Å². The number of amides is 1. The maximum absolute atomic E-state index is 13.1. The number of nitrogens with zero attached hydrogens (tertiary/aromatic N) is 3. The fourth-order valence-electron chi connectivity index (χ4n) is 4.73. The molecule has 0 saturated heterocycles. The number of anilines is 1. The van der Waals surface area contributed by atoms with Gasteiger partial charge in [-0.25, -0.2) is 4.79 Å². The molecule has 7 nitrogen and oxygen atoms in total. The van der Waals surface area contributed by atoms with E-state index in [2.05, 4.69) is 58.4 Å². The minimum Gasteiger partial charge on any atom is -0.462 e. The standard InChI is InChI=1S/C27H30N4O3S3/c1-5-34-26(33)23-18-11-10-16(4)12-21(18)37-25(23)28-22(32)14-36-27-30-29-24(31(27)15(2)3)19-13-35-20-9-7-6-8-17(19)20/h6-9,13,15-16H,5,10-12,14H2,1-4H3,(H,28,32). The van der Waals surface area contributed by atoms with Crippen molar-refractivity contribution >= 4 is 61.4 Å². The van der Waals surface area contributed by atoms with Gasteiger partial charge in [-0.15, -0.1) is 32.9 Å². The first-order valence-corrected chi connectivity index (χ1v) is 15.2. The number of rotatable bonds is 8. The van der Waals surface area contributed by atoms with E-state index in [9.17, 15) is 9.59 Å². The van der Waals surface area contributed by atoms with Crippen molar-refractivity contribution in [3.8, 4) is 11.4 Å². The molecule has 3 aromatic heterocycles. The summed E-state index contributed by atoms with van der Waals surface area (Å²) in [5, 5.41) is 16.5. The molecule has 1 amide bonds. The summed E-state index contributed by atoms with van der Waals surface area (Å²) < 4.78 is 8.62. The topological polar surface area (TPSA) is 86.1 Å². The summed E-state index contributed by atoms with van der Waals surface area (Å²) >= 11 is 4.55. The lowest BCUT2D eigenvalue weighted by molar-refractivity contribution is -0.113. The molecule has 3 heterocycles. The number of ether oxygens (including phenoxy) is 1. The van der Waals surface area contributed by atoms with Crippen LogP contribution in [0, 0.1) is 5.92 Å². The predicted octanol–water partition coefficient (Wildman–Crippen LogP) is 6.83. The second-order valence-corrected chi connectivity index (χ2v) is 12.5. The van der Waals surface area contributed by atoms with Gasteiger partial charge in [0, 0.05) is 31.9 Å². The van der Waals surface area contributed by atoms with Crippen molar-refractivity contribution in [3.63, 3.8) is 0 Å². The quantitative estimate of drug-likeness (QED) is 0.190. The monoisotopic (exact) mass is 554 g/mol. The minimum absolute atomic E-state index is 0.121. The summed E-state index contributed by atoms with van der Waals surface area (Å²) in [7, 11) is 0. The third-order valence-electron chi connectivity index (χ3n) is 6.48. The average Bonchev–Trinajstić information content (AvgIpc) is 3.57. The number of benzene rings is 1. The van der Waals surface area contributed by atoms with Gasteiger partial charge in [0.05, 0.1) is 17.9 Å². The van der Waals surface area contributed by atoms with Gasteiger partial charge in [-0.3, -0.25) is 9.36 Å². The molecule has 0 spiro atoms. The normalized spacial score (nSPS) is 15.2. The van der Waals surface area contributed by atoms with E-state index in [4.69, 9.17) is 4.74 Å². The lowest BCUT2D eigenvalue weighted by atomic mass is 9.88. The Morgan fingerprint density at radius 3 is 2.86 bits per heavy atom. The van der Waals surface area contributed by atoms with Crippen LogP contribution in [0.1, 0.15) is 61.0 Å². The molecule has 5 rings (SSSR count). The number of carbonyl (C=O) groups is 2. The molecular weight excluding hydrogens is 525 g/mol. The van der Waals surface area contributed by atoms with Crippen molar-refractivity contribution in [2.75, 3.05) is 17.7 Å². The van der Waals surface area contributed by atoms with Crippen LogP contribution in [0.2, 0.25) is 0 Å². The van der Waals surface area contributed by atoms with Crippen LogP contribution in [0.4, 0.5) is 5.00 Å². The Hall–Kier alpha value is -2.69. The molecule has 1 N–H and O–H groups in total. The molecule has 0 aliphatic heterocycles. The van der Waals surface area contributed by atoms with Crippen molar-refractivity contribution in [2.45, 2.75) is 58.2 Å². The van der Waals surface area contributed by atoms with Crippen molar-refractivity contribution in [3.05, 3.63) is 45.6 Å². The van der Waals surface area contributed by atoms with Crippen LogP contribution in [0.25, 0.3) is 21.5 Å². The number of carbonyl (C=O) groups excluding carboxylic acids is 2. The number of nitrogens with one attached hydrogen (secondary N) is 1. The Balaban J connectivity index is 1.36. The SMILES string of the molecule is CCOC(=O)c1c(NC(=O)CSc2nnc(-c3csc4ccccc34)n2C(C)C)sc2c1CCC(C)C2. The fourth-order valence-corrected chi connectivity index (χ4v) is 7.95. The number of thiophene rings is 2. The van der Waals surface area contributed by atoms with Gasteiger partial charge in [-0.05, 0) is 57.6 Å². The molecule has 0 radical (unpaired) electrons. The Kier molecular flexibility index (Phi) is 7.69. The smallest absolute Gasteiger partial charge is 0.341 e.